The second-order valence-electron chi connectivity index (χ2n) is 6.22. The van der Waals surface area contributed by atoms with Crippen LogP contribution in [0.5, 0.6) is 0 Å². The van der Waals surface area contributed by atoms with Gasteiger partial charge in [-0.25, -0.2) is 4.39 Å². The second-order valence-corrected chi connectivity index (χ2v) is 7.25. The van der Waals surface area contributed by atoms with E-state index in [1.54, 1.807) is 23.5 Å². The number of benzene rings is 1. The number of hydrogen-bond donors (Lipinski definition) is 1. The van der Waals surface area contributed by atoms with Gasteiger partial charge in [0.25, 0.3) is 0 Å². The summed E-state index contributed by atoms with van der Waals surface area (Å²) in [5, 5.41) is 5.21. The summed E-state index contributed by atoms with van der Waals surface area (Å²) in [5.41, 5.74) is 0.922. The van der Waals surface area contributed by atoms with Gasteiger partial charge in [-0.2, -0.15) is 0 Å². The van der Waals surface area contributed by atoms with Gasteiger partial charge in [0, 0.05) is 24.6 Å². The molecule has 0 bridgehead atoms. The summed E-state index contributed by atoms with van der Waals surface area (Å²) >= 11 is 1.63. The Morgan fingerprint density at radius 1 is 1.28 bits per heavy atom. The number of rotatable bonds is 8. The van der Waals surface area contributed by atoms with E-state index < -0.39 is 0 Å². The molecule has 1 amide bonds. The number of thiophene rings is 1. The van der Waals surface area contributed by atoms with Crippen molar-refractivity contribution in [2.75, 3.05) is 19.7 Å². The largest absolute Gasteiger partial charge is 0.377 e. The monoisotopic (exact) mass is 362 g/mol. The number of carbonyl (C=O) groups is 1. The Morgan fingerprint density at radius 2 is 2.12 bits per heavy atom. The van der Waals surface area contributed by atoms with Crippen LogP contribution in [0.15, 0.2) is 41.8 Å². The Hall–Kier alpha value is -1.76. The lowest BCUT2D eigenvalue weighted by molar-refractivity contribution is -0.131. The minimum atomic E-state index is -0.266. The molecule has 1 aromatic carbocycles. The summed E-state index contributed by atoms with van der Waals surface area (Å²) in [7, 11) is 0. The van der Waals surface area contributed by atoms with Gasteiger partial charge in [-0.1, -0.05) is 18.2 Å². The summed E-state index contributed by atoms with van der Waals surface area (Å²) < 4.78 is 18.7. The SMILES string of the molecule is O=C(CNC[C@H]1CCCO1)N(Cc1ccc(F)cc1)Cc1cccs1. The maximum atomic E-state index is 13.1. The van der Waals surface area contributed by atoms with Crippen molar-refractivity contribution in [1.82, 2.24) is 10.2 Å². The van der Waals surface area contributed by atoms with Gasteiger partial charge in [-0.3, -0.25) is 4.79 Å². The molecule has 0 radical (unpaired) electrons. The molecule has 1 fully saturated rings. The third kappa shape index (κ3) is 5.63. The summed E-state index contributed by atoms with van der Waals surface area (Å²) in [4.78, 5) is 15.6. The molecule has 2 heterocycles. The molecule has 1 aromatic heterocycles. The zero-order valence-corrected chi connectivity index (χ0v) is 14.9. The van der Waals surface area contributed by atoms with Gasteiger partial charge < -0.3 is 15.0 Å². The molecular weight excluding hydrogens is 339 g/mol. The van der Waals surface area contributed by atoms with E-state index in [1.165, 1.54) is 12.1 Å². The molecule has 4 nitrogen and oxygen atoms in total. The fourth-order valence-electron chi connectivity index (χ4n) is 2.89. The van der Waals surface area contributed by atoms with Crippen molar-refractivity contribution < 1.29 is 13.9 Å². The van der Waals surface area contributed by atoms with Gasteiger partial charge in [0.2, 0.25) is 5.91 Å². The van der Waals surface area contributed by atoms with Gasteiger partial charge in [0.05, 0.1) is 19.2 Å². The highest BCUT2D eigenvalue weighted by Gasteiger charge is 2.18. The van der Waals surface area contributed by atoms with Crippen molar-refractivity contribution in [3.05, 3.63) is 58.0 Å². The molecule has 1 aliphatic heterocycles. The standard InChI is InChI=1S/C19H23FN2O2S/c20-16-7-5-15(6-8-16)13-22(14-18-4-2-10-25-18)19(23)12-21-11-17-3-1-9-24-17/h2,4-8,10,17,21H,1,3,9,11-14H2/t17-/m1/s1. The maximum Gasteiger partial charge on any atom is 0.237 e. The van der Waals surface area contributed by atoms with Gasteiger partial charge in [-0.05, 0) is 42.0 Å². The average molecular weight is 362 g/mol. The molecule has 0 spiro atoms. The van der Waals surface area contributed by atoms with Crippen LogP contribution in [0.25, 0.3) is 0 Å². The van der Waals surface area contributed by atoms with Crippen LogP contribution in [-0.4, -0.2) is 36.6 Å². The number of nitrogens with zero attached hydrogens (tertiary/aromatic N) is 1. The molecule has 1 saturated heterocycles. The highest BCUT2D eigenvalue weighted by molar-refractivity contribution is 7.09. The van der Waals surface area contributed by atoms with E-state index in [1.807, 2.05) is 22.4 Å². The number of halogens is 1. The molecule has 25 heavy (non-hydrogen) atoms. The van der Waals surface area contributed by atoms with Crippen LogP contribution in [0.2, 0.25) is 0 Å². The normalized spacial score (nSPS) is 16.9. The number of hydrogen-bond acceptors (Lipinski definition) is 4. The highest BCUT2D eigenvalue weighted by atomic mass is 32.1. The predicted molar refractivity (Wildman–Crippen MR) is 96.8 cm³/mol. The van der Waals surface area contributed by atoms with E-state index in [9.17, 15) is 9.18 Å². The summed E-state index contributed by atoms with van der Waals surface area (Å²) in [6.45, 7) is 2.84. The van der Waals surface area contributed by atoms with Crippen molar-refractivity contribution in [1.29, 1.82) is 0 Å². The average Bonchev–Trinajstić information content (AvgIpc) is 3.30. The van der Waals surface area contributed by atoms with Gasteiger partial charge in [0.1, 0.15) is 5.82 Å². The van der Waals surface area contributed by atoms with Gasteiger partial charge >= 0.3 is 0 Å². The predicted octanol–water partition coefficient (Wildman–Crippen LogP) is 3.18. The first-order valence-corrected chi connectivity index (χ1v) is 9.45. The maximum absolute atomic E-state index is 13.1. The van der Waals surface area contributed by atoms with E-state index in [0.717, 1.165) is 29.9 Å². The number of carbonyl (C=O) groups excluding carboxylic acids is 1. The molecule has 2 aromatic rings. The third-order valence-electron chi connectivity index (χ3n) is 4.24. The molecule has 0 saturated carbocycles. The molecule has 1 N–H and O–H groups in total. The van der Waals surface area contributed by atoms with E-state index in [0.29, 0.717) is 19.6 Å². The highest BCUT2D eigenvalue weighted by Crippen LogP contribution is 2.15. The fraction of sp³-hybridized carbons (Fsp3) is 0.421. The minimum absolute atomic E-state index is 0.0377. The van der Waals surface area contributed by atoms with Gasteiger partial charge in [0.15, 0.2) is 0 Å². The van der Waals surface area contributed by atoms with E-state index in [2.05, 4.69) is 5.32 Å². The summed E-state index contributed by atoms with van der Waals surface area (Å²) in [5.74, 6) is -0.228. The van der Waals surface area contributed by atoms with Crippen LogP contribution in [0, 0.1) is 5.82 Å². The third-order valence-corrected chi connectivity index (χ3v) is 5.10. The van der Waals surface area contributed by atoms with Crippen LogP contribution in [0.1, 0.15) is 23.3 Å². The zero-order valence-electron chi connectivity index (χ0n) is 14.1. The number of nitrogens with one attached hydrogen (secondary N) is 1. The Bertz CT molecular complexity index is 655. The van der Waals surface area contributed by atoms with Crippen LogP contribution in [-0.2, 0) is 22.6 Å². The molecule has 0 unspecified atom stereocenters. The minimum Gasteiger partial charge on any atom is -0.377 e. The Balaban J connectivity index is 1.58. The Labute approximate surface area is 151 Å². The zero-order chi connectivity index (χ0) is 17.5. The first kappa shape index (κ1) is 18.0. The Morgan fingerprint density at radius 3 is 2.80 bits per heavy atom. The first-order chi connectivity index (χ1) is 12.2. The van der Waals surface area contributed by atoms with E-state index >= 15 is 0 Å². The first-order valence-electron chi connectivity index (χ1n) is 8.57. The van der Waals surface area contributed by atoms with Crippen molar-refractivity contribution in [2.45, 2.75) is 32.0 Å². The second kappa shape index (κ2) is 9.08. The molecule has 6 heteroatoms. The molecule has 3 rings (SSSR count). The Kier molecular flexibility index (Phi) is 6.55. The lowest BCUT2D eigenvalue weighted by Crippen LogP contribution is -2.39. The van der Waals surface area contributed by atoms with E-state index in [4.69, 9.17) is 4.74 Å². The van der Waals surface area contributed by atoms with Crippen molar-refractivity contribution in [3.63, 3.8) is 0 Å². The van der Waals surface area contributed by atoms with Crippen LogP contribution < -0.4 is 5.32 Å². The van der Waals surface area contributed by atoms with Crippen molar-refractivity contribution in [2.24, 2.45) is 0 Å². The lowest BCUT2D eigenvalue weighted by atomic mass is 10.2. The topological polar surface area (TPSA) is 41.6 Å². The quantitative estimate of drug-likeness (QED) is 0.784. The number of ether oxygens (including phenoxy) is 1. The van der Waals surface area contributed by atoms with Gasteiger partial charge in [-0.15, -0.1) is 11.3 Å². The molecular formula is C19H23FN2O2S. The molecule has 1 atom stereocenters. The molecule has 134 valence electrons. The number of amides is 1. The molecule has 0 aliphatic carbocycles. The van der Waals surface area contributed by atoms with Crippen molar-refractivity contribution in [3.8, 4) is 0 Å². The lowest BCUT2D eigenvalue weighted by Gasteiger charge is -2.23. The fourth-order valence-corrected chi connectivity index (χ4v) is 3.61. The smallest absolute Gasteiger partial charge is 0.237 e. The van der Waals surface area contributed by atoms with Crippen LogP contribution in [0.3, 0.4) is 0 Å². The van der Waals surface area contributed by atoms with Crippen LogP contribution >= 0.6 is 11.3 Å². The summed E-state index contributed by atoms with van der Waals surface area (Å²) in [6.07, 6.45) is 2.36. The van der Waals surface area contributed by atoms with E-state index in [-0.39, 0.29) is 24.4 Å². The van der Waals surface area contributed by atoms with Crippen LogP contribution in [0.4, 0.5) is 4.39 Å². The molecule has 1 aliphatic rings. The summed E-state index contributed by atoms with van der Waals surface area (Å²) in [6, 6.07) is 10.3. The van der Waals surface area contributed by atoms with Crippen molar-refractivity contribution >= 4 is 17.2 Å².